The van der Waals surface area contributed by atoms with Gasteiger partial charge in [0, 0.05) is 44.1 Å². The molecule has 2 aromatic carbocycles. The number of carbonyl (C=O) groups excluding carboxylic acids is 1. The van der Waals surface area contributed by atoms with Crippen molar-refractivity contribution in [3.8, 4) is 0 Å². The van der Waals surface area contributed by atoms with E-state index >= 15 is 0 Å². The number of hydrogen-bond donors (Lipinski definition) is 2. The van der Waals surface area contributed by atoms with Gasteiger partial charge in [0.2, 0.25) is 10.0 Å². The van der Waals surface area contributed by atoms with Crippen LogP contribution in [0.3, 0.4) is 0 Å². The average Bonchev–Trinajstić information content (AvgIpc) is 2.79. The second-order valence-corrected chi connectivity index (χ2v) is 9.43. The Hall–Kier alpha value is -2.50. The maximum absolute atomic E-state index is 13.2. The number of morpholine rings is 2. The molecule has 2 aliphatic rings. The van der Waals surface area contributed by atoms with Crippen molar-refractivity contribution < 1.29 is 22.7 Å². The summed E-state index contributed by atoms with van der Waals surface area (Å²) in [7, 11) is -3.94. The summed E-state index contributed by atoms with van der Waals surface area (Å²) in [5.41, 5.74) is 2.64. The molecule has 4 rings (SSSR count). The molecule has 0 saturated carbocycles. The molecular formula is C22H28N4O5S. The van der Waals surface area contributed by atoms with Gasteiger partial charge in [0.15, 0.2) is 0 Å². The molecule has 0 aliphatic carbocycles. The molecule has 2 aromatic rings. The highest BCUT2D eigenvalue weighted by atomic mass is 32.2. The lowest BCUT2D eigenvalue weighted by atomic mass is 10.1. The van der Waals surface area contributed by atoms with Crippen molar-refractivity contribution in [1.82, 2.24) is 4.90 Å². The van der Waals surface area contributed by atoms with Crippen LogP contribution in [0.5, 0.6) is 0 Å². The summed E-state index contributed by atoms with van der Waals surface area (Å²) in [4.78, 5) is 17.4. The number of amides is 1. The SMILES string of the molecule is NS(=O)(=O)c1ccc(N2CCOCC2)c(C(=O)Nc2cccc(CN3CCOCC3)c2)c1. The van der Waals surface area contributed by atoms with E-state index in [2.05, 4.69) is 10.2 Å². The second kappa shape index (κ2) is 9.97. The van der Waals surface area contributed by atoms with Gasteiger partial charge < -0.3 is 19.7 Å². The molecule has 0 unspecified atom stereocenters. The van der Waals surface area contributed by atoms with Crippen LogP contribution in [0.2, 0.25) is 0 Å². The molecule has 32 heavy (non-hydrogen) atoms. The Labute approximate surface area is 188 Å². The number of nitrogens with one attached hydrogen (secondary N) is 1. The Morgan fingerprint density at radius 2 is 1.66 bits per heavy atom. The maximum Gasteiger partial charge on any atom is 0.257 e. The summed E-state index contributed by atoms with van der Waals surface area (Å²) in [6.45, 7) is 6.28. The van der Waals surface area contributed by atoms with Gasteiger partial charge in [0.05, 0.1) is 36.9 Å². The molecule has 10 heteroatoms. The number of benzene rings is 2. The summed E-state index contributed by atoms with van der Waals surface area (Å²) >= 11 is 0. The molecule has 0 radical (unpaired) electrons. The van der Waals surface area contributed by atoms with Gasteiger partial charge in [-0.05, 0) is 35.9 Å². The summed E-state index contributed by atoms with van der Waals surface area (Å²) in [5.74, 6) is -0.388. The topological polar surface area (TPSA) is 114 Å². The fraction of sp³-hybridized carbons (Fsp3) is 0.409. The zero-order valence-electron chi connectivity index (χ0n) is 17.8. The van der Waals surface area contributed by atoms with Gasteiger partial charge >= 0.3 is 0 Å². The van der Waals surface area contributed by atoms with E-state index in [1.54, 1.807) is 6.07 Å². The highest BCUT2D eigenvalue weighted by molar-refractivity contribution is 7.89. The fourth-order valence-corrected chi connectivity index (χ4v) is 4.46. The molecule has 9 nitrogen and oxygen atoms in total. The Bertz CT molecular complexity index is 1060. The van der Waals surface area contributed by atoms with Crippen LogP contribution in [-0.2, 0) is 26.0 Å². The van der Waals surface area contributed by atoms with Crippen LogP contribution < -0.4 is 15.4 Å². The van der Waals surface area contributed by atoms with E-state index in [0.29, 0.717) is 37.7 Å². The minimum absolute atomic E-state index is 0.0965. The van der Waals surface area contributed by atoms with Crippen molar-refractivity contribution in [3.05, 3.63) is 53.6 Å². The van der Waals surface area contributed by atoms with Gasteiger partial charge in [-0.25, -0.2) is 13.6 Å². The van der Waals surface area contributed by atoms with Crippen molar-refractivity contribution >= 4 is 27.3 Å². The third-order valence-corrected chi connectivity index (χ3v) is 6.50. The Morgan fingerprint density at radius 1 is 0.969 bits per heavy atom. The quantitative estimate of drug-likeness (QED) is 0.667. The standard InChI is InChI=1S/C22H28N4O5S/c23-32(28,29)19-4-5-21(26-8-12-31-13-9-26)20(15-19)22(27)24-18-3-1-2-17(14-18)16-25-6-10-30-11-7-25/h1-5,14-15H,6-13,16H2,(H,24,27)(H2,23,28,29). The highest BCUT2D eigenvalue weighted by Crippen LogP contribution is 2.26. The van der Waals surface area contributed by atoms with E-state index in [4.69, 9.17) is 14.6 Å². The third-order valence-electron chi connectivity index (χ3n) is 5.59. The fourth-order valence-electron chi connectivity index (χ4n) is 3.92. The van der Waals surface area contributed by atoms with Crippen LogP contribution in [0.15, 0.2) is 47.4 Å². The zero-order chi connectivity index (χ0) is 22.6. The molecule has 2 fully saturated rings. The number of sulfonamides is 1. The number of ether oxygens (including phenoxy) is 2. The lowest BCUT2D eigenvalue weighted by molar-refractivity contribution is 0.0342. The first kappa shape index (κ1) is 22.7. The van der Waals surface area contributed by atoms with Crippen molar-refractivity contribution in [2.24, 2.45) is 5.14 Å². The Kier molecular flexibility index (Phi) is 7.07. The number of rotatable bonds is 6. The first-order valence-electron chi connectivity index (χ1n) is 10.6. The number of primary sulfonamides is 1. The summed E-state index contributed by atoms with van der Waals surface area (Å²) in [6, 6.07) is 12.1. The van der Waals surface area contributed by atoms with Crippen molar-refractivity contribution in [2.75, 3.05) is 62.8 Å². The normalized spacial score (nSPS) is 17.8. The van der Waals surface area contributed by atoms with Crippen LogP contribution in [0, 0.1) is 0 Å². The minimum atomic E-state index is -3.94. The Balaban J connectivity index is 1.57. The molecule has 0 spiro atoms. The molecular weight excluding hydrogens is 432 g/mol. The highest BCUT2D eigenvalue weighted by Gasteiger charge is 2.22. The molecule has 2 saturated heterocycles. The van der Waals surface area contributed by atoms with Crippen LogP contribution in [0.4, 0.5) is 11.4 Å². The number of hydrogen-bond acceptors (Lipinski definition) is 7. The van der Waals surface area contributed by atoms with E-state index in [1.165, 1.54) is 12.1 Å². The van der Waals surface area contributed by atoms with Gasteiger partial charge in [-0.2, -0.15) is 0 Å². The lowest BCUT2D eigenvalue weighted by Crippen LogP contribution is -2.37. The van der Waals surface area contributed by atoms with Gasteiger partial charge in [-0.1, -0.05) is 12.1 Å². The molecule has 1 amide bonds. The number of nitrogens with zero attached hydrogens (tertiary/aromatic N) is 2. The monoisotopic (exact) mass is 460 g/mol. The first-order valence-corrected chi connectivity index (χ1v) is 12.1. The number of carbonyl (C=O) groups is 1. The van der Waals surface area contributed by atoms with Crippen LogP contribution in [0.1, 0.15) is 15.9 Å². The van der Waals surface area contributed by atoms with E-state index in [1.807, 2.05) is 29.2 Å². The summed E-state index contributed by atoms with van der Waals surface area (Å²) < 4.78 is 34.6. The van der Waals surface area contributed by atoms with Crippen molar-refractivity contribution in [3.63, 3.8) is 0 Å². The van der Waals surface area contributed by atoms with Crippen LogP contribution >= 0.6 is 0 Å². The molecule has 172 valence electrons. The molecule has 0 bridgehead atoms. The van der Waals surface area contributed by atoms with E-state index in [-0.39, 0.29) is 16.4 Å². The largest absolute Gasteiger partial charge is 0.379 e. The smallest absolute Gasteiger partial charge is 0.257 e. The van der Waals surface area contributed by atoms with Crippen LogP contribution in [-0.4, -0.2) is 71.8 Å². The second-order valence-electron chi connectivity index (χ2n) is 7.87. The van der Waals surface area contributed by atoms with Gasteiger partial charge in [0.25, 0.3) is 5.91 Å². The predicted octanol–water partition coefficient (Wildman–Crippen LogP) is 1.26. The Morgan fingerprint density at radius 3 is 2.34 bits per heavy atom. The molecule has 3 N–H and O–H groups in total. The van der Waals surface area contributed by atoms with Gasteiger partial charge in [-0.15, -0.1) is 0 Å². The van der Waals surface area contributed by atoms with Gasteiger partial charge in [0.1, 0.15) is 0 Å². The van der Waals surface area contributed by atoms with E-state index in [9.17, 15) is 13.2 Å². The lowest BCUT2D eigenvalue weighted by Gasteiger charge is -2.30. The minimum Gasteiger partial charge on any atom is -0.379 e. The maximum atomic E-state index is 13.2. The zero-order valence-corrected chi connectivity index (χ0v) is 18.6. The molecule has 2 heterocycles. The first-order chi connectivity index (χ1) is 15.4. The molecule has 0 atom stereocenters. The average molecular weight is 461 g/mol. The number of nitrogens with two attached hydrogens (primary N) is 1. The molecule has 2 aliphatic heterocycles. The third kappa shape index (κ3) is 5.64. The predicted molar refractivity (Wildman–Crippen MR) is 121 cm³/mol. The van der Waals surface area contributed by atoms with Crippen molar-refractivity contribution in [2.45, 2.75) is 11.4 Å². The van der Waals surface area contributed by atoms with Crippen molar-refractivity contribution in [1.29, 1.82) is 0 Å². The van der Waals surface area contributed by atoms with Gasteiger partial charge in [-0.3, -0.25) is 9.69 Å². The van der Waals surface area contributed by atoms with Crippen LogP contribution in [0.25, 0.3) is 0 Å². The summed E-state index contributed by atoms with van der Waals surface area (Å²) in [5, 5.41) is 8.23. The van der Waals surface area contributed by atoms with E-state index in [0.717, 1.165) is 38.4 Å². The summed E-state index contributed by atoms with van der Waals surface area (Å²) in [6.07, 6.45) is 0. The van der Waals surface area contributed by atoms with E-state index < -0.39 is 10.0 Å². The molecule has 0 aromatic heterocycles. The number of anilines is 2.